The summed E-state index contributed by atoms with van der Waals surface area (Å²) in [6.45, 7) is 17.8. The molecule has 1 aliphatic heterocycles. The first-order valence-corrected chi connectivity index (χ1v) is 15.6. The van der Waals surface area contributed by atoms with Gasteiger partial charge in [0.1, 0.15) is 6.10 Å². The van der Waals surface area contributed by atoms with Gasteiger partial charge in [-0.1, -0.05) is 44.1 Å². The van der Waals surface area contributed by atoms with Crippen molar-refractivity contribution in [2.45, 2.75) is 143 Å². The van der Waals surface area contributed by atoms with Crippen LogP contribution in [0.15, 0.2) is 23.3 Å². The highest BCUT2D eigenvalue weighted by molar-refractivity contribution is 5.76. The van der Waals surface area contributed by atoms with E-state index in [4.69, 9.17) is 14.6 Å². The maximum atomic E-state index is 12.5. The van der Waals surface area contributed by atoms with E-state index in [0.29, 0.717) is 30.6 Å². The van der Waals surface area contributed by atoms with Crippen LogP contribution in [0.3, 0.4) is 0 Å². The molecule has 4 rings (SSSR count). The minimum Gasteiger partial charge on any atom is -0.481 e. The van der Waals surface area contributed by atoms with Gasteiger partial charge in [0.2, 0.25) is 0 Å². The van der Waals surface area contributed by atoms with Gasteiger partial charge in [-0.2, -0.15) is 0 Å². The highest BCUT2D eigenvalue weighted by Crippen LogP contribution is 2.58. The highest BCUT2D eigenvalue weighted by atomic mass is 16.6. The fourth-order valence-electron chi connectivity index (χ4n) is 9.24. The molecule has 6 heteroatoms. The third-order valence-electron chi connectivity index (χ3n) is 11.8. The molecule has 6 nitrogen and oxygen atoms in total. The molecule has 2 fully saturated rings. The summed E-state index contributed by atoms with van der Waals surface area (Å²) in [5, 5.41) is 20.8. The van der Waals surface area contributed by atoms with Gasteiger partial charge in [0.25, 0.3) is 0 Å². The zero-order valence-corrected chi connectivity index (χ0v) is 26.2. The van der Waals surface area contributed by atoms with Crippen LogP contribution in [-0.2, 0) is 19.1 Å². The van der Waals surface area contributed by atoms with E-state index >= 15 is 0 Å². The van der Waals surface area contributed by atoms with E-state index in [2.05, 4.69) is 46.8 Å². The number of carbonyl (C=O) groups excluding carboxylic acids is 1. The van der Waals surface area contributed by atoms with Gasteiger partial charge in [0.15, 0.2) is 0 Å². The lowest BCUT2D eigenvalue weighted by Gasteiger charge is -2.54. The van der Waals surface area contributed by atoms with Crippen molar-refractivity contribution in [1.82, 2.24) is 0 Å². The molecule has 0 aromatic carbocycles. The molecule has 0 amide bonds. The van der Waals surface area contributed by atoms with Gasteiger partial charge < -0.3 is 19.7 Å². The van der Waals surface area contributed by atoms with Crippen molar-refractivity contribution >= 4 is 11.9 Å². The normalized spacial score (nSPS) is 40.5. The third-order valence-corrected chi connectivity index (χ3v) is 11.8. The van der Waals surface area contributed by atoms with Crippen LogP contribution in [0.25, 0.3) is 0 Å². The number of fused-ring (bicyclic) bond motifs is 2. The van der Waals surface area contributed by atoms with Gasteiger partial charge in [-0.05, 0) is 120 Å². The minimum atomic E-state index is -1.01. The Balaban J connectivity index is 1.54. The maximum absolute atomic E-state index is 12.5. The zero-order chi connectivity index (χ0) is 29.7. The zero-order valence-electron chi connectivity index (χ0n) is 26.2. The van der Waals surface area contributed by atoms with Crippen molar-refractivity contribution in [3.05, 3.63) is 23.3 Å². The molecule has 0 radical (unpaired) electrons. The standard InChI is InChI=1S/C34H54O6/c1-21-10-12-25-23(21)11-9-22(2)24(31(25,3)4)13-14-26-33(7)19-17-27(39-30(37)16-15-29(35)36)32(5,6)40-28(33)18-20-34(26,8)38/h9-10,23-28,38H,11-20H2,1-8H3,(H,35,36)/t23-,24-,25+,26+,27+,28+,33+,34-/m1/s1. The molecule has 0 unspecified atom stereocenters. The van der Waals surface area contributed by atoms with E-state index in [-0.39, 0.29) is 35.7 Å². The number of carbonyl (C=O) groups is 2. The largest absolute Gasteiger partial charge is 0.481 e. The van der Waals surface area contributed by atoms with Crippen molar-refractivity contribution in [2.24, 2.45) is 34.5 Å². The molecule has 226 valence electrons. The maximum Gasteiger partial charge on any atom is 0.306 e. The molecule has 0 bridgehead atoms. The lowest BCUT2D eigenvalue weighted by atomic mass is 9.55. The molecule has 1 saturated carbocycles. The number of aliphatic carboxylic acids is 1. The average molecular weight is 559 g/mol. The summed E-state index contributed by atoms with van der Waals surface area (Å²) in [7, 11) is 0. The molecular formula is C34H54O6. The van der Waals surface area contributed by atoms with Crippen LogP contribution in [0.4, 0.5) is 0 Å². The Morgan fingerprint density at radius 2 is 1.62 bits per heavy atom. The van der Waals surface area contributed by atoms with Gasteiger partial charge in [-0.3, -0.25) is 9.59 Å². The fourth-order valence-corrected chi connectivity index (χ4v) is 9.24. The van der Waals surface area contributed by atoms with Gasteiger partial charge >= 0.3 is 11.9 Å². The Labute approximate surface area is 242 Å². The van der Waals surface area contributed by atoms with Crippen molar-refractivity contribution in [2.75, 3.05) is 0 Å². The quantitative estimate of drug-likeness (QED) is 0.253. The molecule has 1 heterocycles. The Morgan fingerprint density at radius 3 is 2.30 bits per heavy atom. The Hall–Kier alpha value is -1.66. The average Bonchev–Trinajstić information content (AvgIpc) is 3.15. The van der Waals surface area contributed by atoms with Crippen LogP contribution in [0.2, 0.25) is 0 Å². The molecule has 2 N–H and O–H groups in total. The molecule has 0 aromatic heterocycles. The molecule has 0 spiro atoms. The summed E-state index contributed by atoms with van der Waals surface area (Å²) in [5.41, 5.74) is 1.47. The molecule has 4 aliphatic rings. The van der Waals surface area contributed by atoms with E-state index in [1.54, 1.807) is 5.57 Å². The molecule has 3 aliphatic carbocycles. The van der Waals surface area contributed by atoms with Crippen molar-refractivity contribution in [1.29, 1.82) is 0 Å². The van der Waals surface area contributed by atoms with Crippen LogP contribution in [0.5, 0.6) is 0 Å². The second-order valence-corrected chi connectivity index (χ2v) is 15.1. The molecule has 0 aromatic rings. The second kappa shape index (κ2) is 11.2. The van der Waals surface area contributed by atoms with E-state index < -0.39 is 29.2 Å². The molecule has 1 saturated heterocycles. The molecule has 8 atom stereocenters. The van der Waals surface area contributed by atoms with Gasteiger partial charge in [-0.25, -0.2) is 0 Å². The van der Waals surface area contributed by atoms with Crippen molar-refractivity contribution < 1.29 is 29.3 Å². The van der Waals surface area contributed by atoms with Crippen LogP contribution in [-0.4, -0.2) is 45.6 Å². The lowest BCUT2D eigenvalue weighted by molar-refractivity contribution is -0.211. The van der Waals surface area contributed by atoms with E-state index in [9.17, 15) is 14.7 Å². The van der Waals surface area contributed by atoms with Gasteiger partial charge in [0, 0.05) is 0 Å². The monoisotopic (exact) mass is 558 g/mol. The summed E-state index contributed by atoms with van der Waals surface area (Å²) in [4.78, 5) is 23.4. The summed E-state index contributed by atoms with van der Waals surface area (Å²) in [5.74, 6) is 0.321. The number of hydrogen-bond acceptors (Lipinski definition) is 5. The predicted molar refractivity (Wildman–Crippen MR) is 157 cm³/mol. The van der Waals surface area contributed by atoms with Crippen LogP contribution < -0.4 is 0 Å². The first-order valence-electron chi connectivity index (χ1n) is 15.6. The van der Waals surface area contributed by atoms with Gasteiger partial charge in [0.05, 0.1) is 30.1 Å². The first kappa shape index (κ1) is 31.3. The SMILES string of the molecule is CC1=CC[C@H]2[C@@H]1CC=C(C)[C@@H](CC[C@H]1[C@]3(C)CC[C@H](OC(=O)CCC(=O)O)C(C)(C)O[C@H]3CC[C@@]1(C)O)C2(C)C. The number of carboxylic acids is 1. The van der Waals surface area contributed by atoms with E-state index in [0.717, 1.165) is 38.5 Å². The smallest absolute Gasteiger partial charge is 0.306 e. The third kappa shape index (κ3) is 5.95. The number of rotatable bonds is 7. The van der Waals surface area contributed by atoms with E-state index in [1.165, 1.54) is 5.57 Å². The number of ether oxygens (including phenoxy) is 2. The molecule has 40 heavy (non-hydrogen) atoms. The van der Waals surface area contributed by atoms with Crippen LogP contribution >= 0.6 is 0 Å². The summed E-state index contributed by atoms with van der Waals surface area (Å²) in [6, 6.07) is 0. The fraction of sp³-hybridized carbons (Fsp3) is 0.824. The van der Waals surface area contributed by atoms with Crippen LogP contribution in [0.1, 0.15) is 120 Å². The highest BCUT2D eigenvalue weighted by Gasteiger charge is 2.57. The number of carboxylic acid groups (broad SMARTS) is 1. The lowest BCUT2D eigenvalue weighted by Crippen LogP contribution is -2.56. The Bertz CT molecular complexity index is 1040. The molecular weight excluding hydrogens is 504 g/mol. The minimum absolute atomic E-state index is 0.0414. The summed E-state index contributed by atoms with van der Waals surface area (Å²) in [6.07, 6.45) is 11.2. The number of hydrogen-bond donors (Lipinski definition) is 2. The predicted octanol–water partition coefficient (Wildman–Crippen LogP) is 7.24. The number of aliphatic hydroxyl groups is 1. The van der Waals surface area contributed by atoms with Crippen molar-refractivity contribution in [3.63, 3.8) is 0 Å². The second-order valence-electron chi connectivity index (χ2n) is 15.1. The number of allylic oxidation sites excluding steroid dienone is 4. The topological polar surface area (TPSA) is 93.1 Å². The Kier molecular flexibility index (Phi) is 8.76. The van der Waals surface area contributed by atoms with Gasteiger partial charge in [-0.15, -0.1) is 0 Å². The summed E-state index contributed by atoms with van der Waals surface area (Å²) < 4.78 is 12.6. The van der Waals surface area contributed by atoms with Crippen LogP contribution in [0, 0.1) is 34.5 Å². The number of esters is 1. The first-order chi connectivity index (χ1) is 18.5. The summed E-state index contributed by atoms with van der Waals surface area (Å²) >= 11 is 0. The van der Waals surface area contributed by atoms with E-state index in [1.807, 2.05) is 20.8 Å². The Morgan fingerprint density at radius 1 is 0.950 bits per heavy atom. The van der Waals surface area contributed by atoms with Crippen molar-refractivity contribution in [3.8, 4) is 0 Å².